The molecule has 0 atom stereocenters. The van der Waals surface area contributed by atoms with E-state index in [9.17, 15) is 0 Å². The Morgan fingerprint density at radius 1 is 1.07 bits per heavy atom. The summed E-state index contributed by atoms with van der Waals surface area (Å²) < 4.78 is 0. The van der Waals surface area contributed by atoms with E-state index in [1.165, 1.54) is 58.0 Å². The van der Waals surface area contributed by atoms with E-state index in [0.29, 0.717) is 0 Å². The summed E-state index contributed by atoms with van der Waals surface area (Å²) in [6.07, 6.45) is 10.0. The Balaban J connectivity index is 0.00000169. The maximum Gasteiger partial charge on any atom is 0.00951 e. The molecule has 1 aliphatic carbocycles. The van der Waals surface area contributed by atoms with Gasteiger partial charge in [-0.3, -0.25) is 0 Å². The zero-order valence-electron chi connectivity index (χ0n) is 9.80. The van der Waals surface area contributed by atoms with Crippen molar-refractivity contribution in [1.29, 1.82) is 0 Å². The van der Waals surface area contributed by atoms with Crippen LogP contribution in [0.15, 0.2) is 0 Å². The van der Waals surface area contributed by atoms with Crippen LogP contribution in [0.5, 0.6) is 0 Å². The SMILES string of the molecule is CCCCN(CC)C1CCCCC1.Cl. The van der Waals surface area contributed by atoms with E-state index in [2.05, 4.69) is 18.7 Å². The van der Waals surface area contributed by atoms with Gasteiger partial charge in [-0.15, -0.1) is 12.4 Å². The highest BCUT2D eigenvalue weighted by Gasteiger charge is 2.18. The number of halogens is 1. The molecule has 1 rings (SSSR count). The fraction of sp³-hybridized carbons (Fsp3) is 1.00. The number of hydrogen-bond acceptors (Lipinski definition) is 1. The zero-order chi connectivity index (χ0) is 9.52. The monoisotopic (exact) mass is 219 g/mol. The molecule has 14 heavy (non-hydrogen) atoms. The molecule has 1 saturated carbocycles. The summed E-state index contributed by atoms with van der Waals surface area (Å²) in [5, 5.41) is 0. The Morgan fingerprint density at radius 2 is 1.71 bits per heavy atom. The smallest absolute Gasteiger partial charge is 0.00951 e. The molecule has 0 aromatic heterocycles. The van der Waals surface area contributed by atoms with Crippen molar-refractivity contribution in [1.82, 2.24) is 4.90 Å². The van der Waals surface area contributed by atoms with E-state index < -0.39 is 0 Å². The van der Waals surface area contributed by atoms with E-state index in [4.69, 9.17) is 0 Å². The van der Waals surface area contributed by atoms with Crippen molar-refractivity contribution in [3.63, 3.8) is 0 Å². The predicted molar refractivity (Wildman–Crippen MR) is 66.3 cm³/mol. The molecule has 0 aliphatic heterocycles. The molecule has 0 bridgehead atoms. The highest BCUT2D eigenvalue weighted by atomic mass is 35.5. The molecule has 2 heteroatoms. The van der Waals surface area contributed by atoms with Crippen LogP contribution < -0.4 is 0 Å². The third-order valence-corrected chi connectivity index (χ3v) is 3.30. The van der Waals surface area contributed by atoms with Crippen LogP contribution in [-0.2, 0) is 0 Å². The molecular formula is C12H26ClN. The minimum atomic E-state index is 0. The topological polar surface area (TPSA) is 3.24 Å². The van der Waals surface area contributed by atoms with Crippen LogP contribution in [0.3, 0.4) is 0 Å². The van der Waals surface area contributed by atoms with Gasteiger partial charge in [-0.1, -0.05) is 39.5 Å². The molecule has 0 aromatic rings. The van der Waals surface area contributed by atoms with E-state index >= 15 is 0 Å². The van der Waals surface area contributed by atoms with Crippen LogP contribution >= 0.6 is 12.4 Å². The largest absolute Gasteiger partial charge is 0.301 e. The average Bonchev–Trinajstić information content (AvgIpc) is 2.21. The second-order valence-corrected chi connectivity index (χ2v) is 4.27. The lowest BCUT2D eigenvalue weighted by molar-refractivity contribution is 0.161. The first-order valence-electron chi connectivity index (χ1n) is 6.12. The summed E-state index contributed by atoms with van der Waals surface area (Å²) in [4.78, 5) is 2.70. The molecule has 0 saturated heterocycles. The van der Waals surface area contributed by atoms with Crippen molar-refractivity contribution in [3.8, 4) is 0 Å². The van der Waals surface area contributed by atoms with Gasteiger partial charge in [0, 0.05) is 6.04 Å². The summed E-state index contributed by atoms with van der Waals surface area (Å²) in [6, 6.07) is 0.922. The summed E-state index contributed by atoms with van der Waals surface area (Å²) in [5.74, 6) is 0. The third kappa shape index (κ3) is 4.65. The number of nitrogens with zero attached hydrogens (tertiary/aromatic N) is 1. The molecule has 0 aromatic carbocycles. The van der Waals surface area contributed by atoms with Crippen molar-refractivity contribution < 1.29 is 0 Å². The Labute approximate surface area is 95.7 Å². The summed E-state index contributed by atoms with van der Waals surface area (Å²) >= 11 is 0. The summed E-state index contributed by atoms with van der Waals surface area (Å²) in [5.41, 5.74) is 0. The van der Waals surface area contributed by atoms with Crippen LogP contribution in [0.1, 0.15) is 58.8 Å². The van der Waals surface area contributed by atoms with Crippen LogP contribution in [0.25, 0.3) is 0 Å². The molecule has 86 valence electrons. The first-order valence-corrected chi connectivity index (χ1v) is 6.12. The van der Waals surface area contributed by atoms with Crippen molar-refractivity contribution >= 4 is 12.4 Å². The average molecular weight is 220 g/mol. The molecule has 0 N–H and O–H groups in total. The molecule has 0 radical (unpaired) electrons. The fourth-order valence-electron chi connectivity index (χ4n) is 2.41. The number of unbranched alkanes of at least 4 members (excludes halogenated alkanes) is 1. The van der Waals surface area contributed by atoms with Gasteiger partial charge in [0.25, 0.3) is 0 Å². The van der Waals surface area contributed by atoms with E-state index in [1.54, 1.807) is 0 Å². The minimum Gasteiger partial charge on any atom is -0.301 e. The lowest BCUT2D eigenvalue weighted by atomic mass is 9.94. The Morgan fingerprint density at radius 3 is 2.21 bits per heavy atom. The maximum absolute atomic E-state index is 2.70. The number of hydrogen-bond donors (Lipinski definition) is 0. The fourth-order valence-corrected chi connectivity index (χ4v) is 2.41. The Bertz CT molecular complexity index is 121. The molecule has 1 aliphatic rings. The summed E-state index contributed by atoms with van der Waals surface area (Å²) in [6.45, 7) is 7.18. The maximum atomic E-state index is 2.70. The van der Waals surface area contributed by atoms with Crippen molar-refractivity contribution in [2.75, 3.05) is 13.1 Å². The van der Waals surface area contributed by atoms with Gasteiger partial charge in [0.05, 0.1) is 0 Å². The Hall–Kier alpha value is 0.250. The van der Waals surface area contributed by atoms with Crippen LogP contribution in [-0.4, -0.2) is 24.0 Å². The van der Waals surface area contributed by atoms with E-state index in [-0.39, 0.29) is 12.4 Å². The molecule has 0 spiro atoms. The quantitative estimate of drug-likeness (QED) is 0.679. The molecule has 0 unspecified atom stereocenters. The van der Waals surface area contributed by atoms with Gasteiger partial charge in [-0.2, -0.15) is 0 Å². The first-order chi connectivity index (χ1) is 6.38. The zero-order valence-corrected chi connectivity index (χ0v) is 10.6. The van der Waals surface area contributed by atoms with Crippen molar-refractivity contribution in [2.24, 2.45) is 0 Å². The second-order valence-electron chi connectivity index (χ2n) is 4.27. The van der Waals surface area contributed by atoms with Gasteiger partial charge in [-0.25, -0.2) is 0 Å². The lowest BCUT2D eigenvalue weighted by Crippen LogP contribution is -2.37. The van der Waals surface area contributed by atoms with Gasteiger partial charge in [0.2, 0.25) is 0 Å². The summed E-state index contributed by atoms with van der Waals surface area (Å²) in [7, 11) is 0. The molecule has 1 fully saturated rings. The molecular weight excluding hydrogens is 194 g/mol. The predicted octanol–water partition coefficient (Wildman–Crippen LogP) is 3.86. The van der Waals surface area contributed by atoms with Crippen LogP contribution in [0.4, 0.5) is 0 Å². The van der Waals surface area contributed by atoms with Gasteiger partial charge in [0.15, 0.2) is 0 Å². The van der Waals surface area contributed by atoms with Crippen molar-refractivity contribution in [2.45, 2.75) is 64.8 Å². The van der Waals surface area contributed by atoms with E-state index in [0.717, 1.165) is 6.04 Å². The third-order valence-electron chi connectivity index (χ3n) is 3.30. The minimum absolute atomic E-state index is 0. The van der Waals surface area contributed by atoms with Crippen LogP contribution in [0, 0.1) is 0 Å². The second kappa shape index (κ2) is 8.55. The highest BCUT2D eigenvalue weighted by molar-refractivity contribution is 5.85. The van der Waals surface area contributed by atoms with Gasteiger partial charge >= 0.3 is 0 Å². The number of rotatable bonds is 5. The first kappa shape index (κ1) is 14.2. The van der Waals surface area contributed by atoms with Gasteiger partial charge in [-0.05, 0) is 32.4 Å². The van der Waals surface area contributed by atoms with Gasteiger partial charge < -0.3 is 4.90 Å². The standard InChI is InChI=1S/C12H25N.ClH/c1-3-5-11-13(4-2)12-9-7-6-8-10-12;/h12H,3-11H2,1-2H3;1H. The molecule has 0 amide bonds. The lowest BCUT2D eigenvalue weighted by Gasteiger charge is -2.33. The highest BCUT2D eigenvalue weighted by Crippen LogP contribution is 2.22. The molecule has 0 heterocycles. The van der Waals surface area contributed by atoms with Crippen LogP contribution in [0.2, 0.25) is 0 Å². The van der Waals surface area contributed by atoms with E-state index in [1.807, 2.05) is 0 Å². The molecule has 1 nitrogen and oxygen atoms in total. The van der Waals surface area contributed by atoms with Gasteiger partial charge in [0.1, 0.15) is 0 Å². The Kier molecular flexibility index (Phi) is 8.70. The van der Waals surface area contributed by atoms with Crippen molar-refractivity contribution in [3.05, 3.63) is 0 Å². The normalized spacial score (nSPS) is 18.2.